The smallest absolute Gasteiger partial charge is 0.0620 e. The zero-order chi connectivity index (χ0) is 9.10. The van der Waals surface area contributed by atoms with Crippen LogP contribution in [0.2, 0.25) is 0 Å². The van der Waals surface area contributed by atoms with Crippen LogP contribution in [0.1, 0.15) is 18.4 Å². The van der Waals surface area contributed by atoms with E-state index in [0.717, 1.165) is 19.3 Å². The van der Waals surface area contributed by atoms with Crippen LogP contribution in [0.3, 0.4) is 0 Å². The van der Waals surface area contributed by atoms with Gasteiger partial charge >= 0.3 is 0 Å². The molecule has 0 saturated carbocycles. The van der Waals surface area contributed by atoms with E-state index in [0.29, 0.717) is 6.10 Å². The first kappa shape index (κ1) is 8.76. The quantitative estimate of drug-likeness (QED) is 0.671. The van der Waals surface area contributed by atoms with Crippen molar-refractivity contribution in [3.63, 3.8) is 0 Å². The fraction of sp³-hybridized carbons (Fsp3) is 0.417. The second-order valence-corrected chi connectivity index (χ2v) is 3.65. The van der Waals surface area contributed by atoms with E-state index in [9.17, 15) is 0 Å². The molecule has 1 aromatic rings. The molecule has 2 unspecified atom stereocenters. The van der Waals surface area contributed by atoms with Crippen molar-refractivity contribution in [1.29, 1.82) is 0 Å². The van der Waals surface area contributed by atoms with E-state index >= 15 is 0 Å². The maximum atomic E-state index is 5.65. The molecule has 1 fully saturated rings. The van der Waals surface area contributed by atoms with Crippen LogP contribution >= 0.6 is 0 Å². The van der Waals surface area contributed by atoms with Gasteiger partial charge in [-0.3, -0.25) is 0 Å². The average Bonchev–Trinajstić information content (AvgIpc) is 2.53. The third-order valence-corrected chi connectivity index (χ3v) is 2.50. The Morgan fingerprint density at radius 2 is 2.00 bits per heavy atom. The molecule has 1 aliphatic rings. The van der Waals surface area contributed by atoms with Gasteiger partial charge in [-0.2, -0.15) is 0 Å². The molecular weight excluding hydrogens is 160 g/mol. The molecule has 0 amide bonds. The molecule has 0 spiro atoms. The highest BCUT2D eigenvalue weighted by atomic mass is 16.5. The minimum Gasteiger partial charge on any atom is -0.375 e. The van der Waals surface area contributed by atoms with Gasteiger partial charge in [0.2, 0.25) is 0 Å². The lowest BCUT2D eigenvalue weighted by molar-refractivity contribution is 0.0701. The summed E-state index contributed by atoms with van der Waals surface area (Å²) in [6.45, 7) is 3.91. The molecule has 1 heterocycles. The summed E-state index contributed by atoms with van der Waals surface area (Å²) < 4.78 is 5.65. The summed E-state index contributed by atoms with van der Waals surface area (Å²) in [4.78, 5) is 0. The Morgan fingerprint density at radius 3 is 2.62 bits per heavy atom. The Hall–Kier alpha value is -0.820. The van der Waals surface area contributed by atoms with Gasteiger partial charge in [-0.15, -0.1) is 0 Å². The monoisotopic (exact) mass is 175 g/mol. The van der Waals surface area contributed by atoms with Crippen molar-refractivity contribution < 1.29 is 4.74 Å². The fourth-order valence-corrected chi connectivity index (χ4v) is 1.81. The third kappa shape index (κ3) is 2.31. The van der Waals surface area contributed by atoms with Crippen molar-refractivity contribution in [2.24, 2.45) is 0 Å². The van der Waals surface area contributed by atoms with Crippen molar-refractivity contribution >= 4 is 0 Å². The first-order valence-corrected chi connectivity index (χ1v) is 4.87. The molecule has 1 radical (unpaired) electrons. The maximum Gasteiger partial charge on any atom is 0.0620 e. The molecule has 1 nitrogen and oxygen atoms in total. The summed E-state index contributed by atoms with van der Waals surface area (Å²) in [5.74, 6) is 0. The molecule has 2 rings (SSSR count). The third-order valence-electron chi connectivity index (χ3n) is 2.50. The second kappa shape index (κ2) is 3.93. The minimum absolute atomic E-state index is 0.216. The van der Waals surface area contributed by atoms with Gasteiger partial charge in [0.05, 0.1) is 12.2 Å². The number of rotatable bonds is 2. The predicted octanol–water partition coefficient (Wildman–Crippen LogP) is 2.61. The number of ether oxygens (including phenoxy) is 1. The molecule has 1 aliphatic heterocycles. The highest BCUT2D eigenvalue weighted by molar-refractivity contribution is 5.15. The second-order valence-electron chi connectivity index (χ2n) is 3.65. The summed E-state index contributed by atoms with van der Waals surface area (Å²) in [7, 11) is 0. The van der Waals surface area contributed by atoms with Crippen LogP contribution in [-0.2, 0) is 11.2 Å². The Kier molecular flexibility index (Phi) is 2.65. The van der Waals surface area contributed by atoms with Crippen LogP contribution < -0.4 is 0 Å². The number of hydrogen-bond acceptors (Lipinski definition) is 1. The number of hydrogen-bond donors (Lipinski definition) is 0. The van der Waals surface area contributed by atoms with E-state index in [4.69, 9.17) is 4.74 Å². The van der Waals surface area contributed by atoms with Crippen LogP contribution in [0.15, 0.2) is 30.3 Å². The highest BCUT2D eigenvalue weighted by Crippen LogP contribution is 2.21. The first-order chi connectivity index (χ1) is 6.34. The van der Waals surface area contributed by atoms with Crippen molar-refractivity contribution in [2.45, 2.75) is 31.5 Å². The Bertz CT molecular complexity index is 255. The lowest BCUT2D eigenvalue weighted by Crippen LogP contribution is -2.11. The van der Waals surface area contributed by atoms with Gasteiger partial charge in [0, 0.05) is 0 Å². The van der Waals surface area contributed by atoms with E-state index < -0.39 is 0 Å². The van der Waals surface area contributed by atoms with Gasteiger partial charge in [0.25, 0.3) is 0 Å². The molecule has 1 aromatic carbocycles. The fourth-order valence-electron chi connectivity index (χ4n) is 1.81. The molecule has 0 bridgehead atoms. The summed E-state index contributed by atoms with van der Waals surface area (Å²) >= 11 is 0. The maximum absolute atomic E-state index is 5.65. The minimum atomic E-state index is 0.216. The topological polar surface area (TPSA) is 9.23 Å². The van der Waals surface area contributed by atoms with Gasteiger partial charge in [0.15, 0.2) is 0 Å². The summed E-state index contributed by atoms with van der Waals surface area (Å²) in [6.07, 6.45) is 3.91. The summed E-state index contributed by atoms with van der Waals surface area (Å²) in [5.41, 5.74) is 1.36. The highest BCUT2D eigenvalue weighted by Gasteiger charge is 2.21. The zero-order valence-electron chi connectivity index (χ0n) is 7.78. The van der Waals surface area contributed by atoms with Gasteiger partial charge in [0.1, 0.15) is 0 Å². The predicted molar refractivity (Wildman–Crippen MR) is 53.4 cm³/mol. The zero-order valence-corrected chi connectivity index (χ0v) is 7.78. The van der Waals surface area contributed by atoms with E-state index in [1.165, 1.54) is 5.56 Å². The molecule has 13 heavy (non-hydrogen) atoms. The molecule has 0 aliphatic carbocycles. The van der Waals surface area contributed by atoms with E-state index in [1.807, 2.05) is 6.07 Å². The molecule has 2 atom stereocenters. The Morgan fingerprint density at radius 1 is 1.23 bits per heavy atom. The molecule has 0 N–H and O–H groups in total. The van der Waals surface area contributed by atoms with Crippen molar-refractivity contribution in [3.05, 3.63) is 42.8 Å². The van der Waals surface area contributed by atoms with Crippen molar-refractivity contribution in [2.75, 3.05) is 0 Å². The average molecular weight is 175 g/mol. The SMILES string of the molecule is [CH2]C1CCC(Cc2ccccc2)O1. The summed E-state index contributed by atoms with van der Waals surface area (Å²) in [6, 6.07) is 10.5. The lowest BCUT2D eigenvalue weighted by Gasteiger charge is -2.10. The van der Waals surface area contributed by atoms with Crippen LogP contribution in [0.25, 0.3) is 0 Å². The van der Waals surface area contributed by atoms with Crippen LogP contribution in [0, 0.1) is 6.92 Å². The van der Waals surface area contributed by atoms with E-state index in [2.05, 4.69) is 31.2 Å². The lowest BCUT2D eigenvalue weighted by atomic mass is 10.1. The normalized spacial score (nSPS) is 27.8. The van der Waals surface area contributed by atoms with Gasteiger partial charge < -0.3 is 4.74 Å². The molecule has 0 aromatic heterocycles. The summed E-state index contributed by atoms with van der Waals surface area (Å²) in [5, 5.41) is 0. The van der Waals surface area contributed by atoms with Crippen LogP contribution in [-0.4, -0.2) is 12.2 Å². The van der Waals surface area contributed by atoms with Gasteiger partial charge in [-0.05, 0) is 31.7 Å². The van der Waals surface area contributed by atoms with Crippen LogP contribution in [0.4, 0.5) is 0 Å². The standard InChI is InChI=1S/C12H15O/c1-10-7-8-12(13-10)9-11-5-3-2-4-6-11/h2-6,10,12H,1,7-9H2. The Balaban J connectivity index is 1.92. The molecule has 1 heteroatoms. The largest absolute Gasteiger partial charge is 0.375 e. The molecule has 1 saturated heterocycles. The number of benzene rings is 1. The van der Waals surface area contributed by atoms with Crippen LogP contribution in [0.5, 0.6) is 0 Å². The molecule has 69 valence electrons. The Labute approximate surface area is 79.7 Å². The van der Waals surface area contributed by atoms with Gasteiger partial charge in [-0.25, -0.2) is 0 Å². The molecular formula is C12H15O. The van der Waals surface area contributed by atoms with E-state index in [1.54, 1.807) is 0 Å². The van der Waals surface area contributed by atoms with Gasteiger partial charge in [-0.1, -0.05) is 30.3 Å². The van der Waals surface area contributed by atoms with E-state index in [-0.39, 0.29) is 6.10 Å². The van der Waals surface area contributed by atoms with Crippen molar-refractivity contribution in [3.8, 4) is 0 Å². The van der Waals surface area contributed by atoms with Crippen molar-refractivity contribution in [1.82, 2.24) is 0 Å². The first-order valence-electron chi connectivity index (χ1n) is 4.87.